The lowest BCUT2D eigenvalue weighted by Gasteiger charge is -2.50. The number of carbonyl (C=O) groups excluding carboxylic acids is 2. The summed E-state index contributed by atoms with van der Waals surface area (Å²) in [7, 11) is 4.86. The van der Waals surface area contributed by atoms with E-state index in [0.717, 1.165) is 0 Å². The lowest BCUT2D eigenvalue weighted by atomic mass is 9.89. The van der Waals surface area contributed by atoms with Crippen molar-refractivity contribution < 1.29 is 19.1 Å². The molecule has 1 N–H and O–H groups in total. The van der Waals surface area contributed by atoms with Gasteiger partial charge in [0.1, 0.15) is 0 Å². The molecule has 118 valence electrons. The fraction of sp³-hybridized carbons (Fsp3) is 0.467. The van der Waals surface area contributed by atoms with Gasteiger partial charge in [-0.2, -0.15) is 0 Å². The first kappa shape index (κ1) is 14.5. The third-order valence-electron chi connectivity index (χ3n) is 4.47. The summed E-state index contributed by atoms with van der Waals surface area (Å²) in [5.41, 5.74) is 0.288. The van der Waals surface area contributed by atoms with Gasteiger partial charge in [0.05, 0.1) is 19.8 Å². The van der Waals surface area contributed by atoms with Crippen LogP contribution in [0.25, 0.3) is 0 Å². The molecule has 1 aromatic rings. The van der Waals surface area contributed by atoms with Gasteiger partial charge < -0.3 is 24.6 Å². The van der Waals surface area contributed by atoms with E-state index in [4.69, 9.17) is 9.47 Å². The van der Waals surface area contributed by atoms with Crippen molar-refractivity contribution >= 4 is 11.9 Å². The zero-order valence-corrected chi connectivity index (χ0v) is 12.9. The smallest absolute Gasteiger partial charge is 0.317 e. The van der Waals surface area contributed by atoms with Crippen LogP contribution in [0.5, 0.6) is 11.5 Å². The van der Waals surface area contributed by atoms with E-state index in [0.29, 0.717) is 36.7 Å². The molecule has 3 amide bonds. The Morgan fingerprint density at radius 1 is 1.23 bits per heavy atom. The van der Waals surface area contributed by atoms with Gasteiger partial charge in [0.15, 0.2) is 11.5 Å². The molecule has 2 fully saturated rings. The molecule has 0 aliphatic carbocycles. The molecule has 0 saturated carbocycles. The summed E-state index contributed by atoms with van der Waals surface area (Å²) in [4.78, 5) is 27.5. The van der Waals surface area contributed by atoms with Crippen molar-refractivity contribution in [1.29, 1.82) is 0 Å². The van der Waals surface area contributed by atoms with Crippen LogP contribution in [0.2, 0.25) is 0 Å². The van der Waals surface area contributed by atoms with Crippen molar-refractivity contribution in [3.63, 3.8) is 0 Å². The minimum atomic E-state index is -0.261. The van der Waals surface area contributed by atoms with Crippen LogP contribution in [-0.2, 0) is 0 Å². The Morgan fingerprint density at radius 2 is 1.91 bits per heavy atom. The number of hydrogen-bond acceptors (Lipinski definition) is 4. The van der Waals surface area contributed by atoms with Crippen LogP contribution in [0.3, 0.4) is 0 Å². The van der Waals surface area contributed by atoms with Gasteiger partial charge in [0.2, 0.25) is 0 Å². The lowest BCUT2D eigenvalue weighted by molar-refractivity contribution is 0.00775. The maximum atomic E-state index is 12.5. The number of amides is 3. The predicted molar refractivity (Wildman–Crippen MR) is 79.3 cm³/mol. The molecule has 0 radical (unpaired) electrons. The Labute approximate surface area is 128 Å². The van der Waals surface area contributed by atoms with E-state index in [1.807, 2.05) is 0 Å². The molecule has 0 unspecified atom stereocenters. The predicted octanol–water partition coefficient (Wildman–Crippen LogP) is 0.553. The summed E-state index contributed by atoms with van der Waals surface area (Å²) in [5, 5.41) is 2.81. The van der Waals surface area contributed by atoms with E-state index in [1.54, 1.807) is 42.2 Å². The fourth-order valence-corrected chi connectivity index (χ4v) is 2.98. The number of carbonyl (C=O) groups is 2. The minimum Gasteiger partial charge on any atom is -0.493 e. The zero-order chi connectivity index (χ0) is 15.9. The van der Waals surface area contributed by atoms with Gasteiger partial charge in [0.25, 0.3) is 5.91 Å². The molecular formula is C15H19N3O4. The van der Waals surface area contributed by atoms with Crippen molar-refractivity contribution in [2.45, 2.75) is 5.54 Å². The van der Waals surface area contributed by atoms with Gasteiger partial charge in [-0.05, 0) is 18.2 Å². The maximum absolute atomic E-state index is 12.5. The summed E-state index contributed by atoms with van der Waals surface area (Å²) in [6, 6.07) is 5.02. The fourth-order valence-electron chi connectivity index (χ4n) is 2.98. The van der Waals surface area contributed by atoms with E-state index < -0.39 is 0 Å². The number of urea groups is 1. The normalized spacial score (nSPS) is 19.0. The number of ether oxygens (including phenoxy) is 2. The van der Waals surface area contributed by atoms with Crippen molar-refractivity contribution in [3.8, 4) is 11.5 Å². The standard InChI is InChI=1S/C15H19N3O4/c1-17-14(20)16-7-15(17)8-18(9-15)13(19)10-4-5-11(21-2)12(6-10)22-3/h4-6H,7-9H2,1-3H3,(H,16,20). The summed E-state index contributed by atoms with van der Waals surface area (Å²) in [5.74, 6) is 1.04. The third-order valence-corrected chi connectivity index (χ3v) is 4.47. The number of nitrogens with zero attached hydrogens (tertiary/aromatic N) is 2. The lowest BCUT2D eigenvalue weighted by Crippen LogP contribution is -2.70. The highest BCUT2D eigenvalue weighted by Crippen LogP contribution is 2.33. The van der Waals surface area contributed by atoms with Gasteiger partial charge in [-0.25, -0.2) is 4.79 Å². The van der Waals surface area contributed by atoms with E-state index in [-0.39, 0.29) is 17.5 Å². The quantitative estimate of drug-likeness (QED) is 0.885. The molecule has 7 nitrogen and oxygen atoms in total. The number of likely N-dealkylation sites (N-methyl/N-ethyl adjacent to an activating group) is 1. The first-order chi connectivity index (χ1) is 10.5. The van der Waals surface area contributed by atoms with E-state index in [2.05, 4.69) is 5.32 Å². The molecular weight excluding hydrogens is 286 g/mol. The largest absolute Gasteiger partial charge is 0.493 e. The highest BCUT2D eigenvalue weighted by Gasteiger charge is 2.53. The maximum Gasteiger partial charge on any atom is 0.317 e. The van der Waals surface area contributed by atoms with Crippen LogP contribution < -0.4 is 14.8 Å². The van der Waals surface area contributed by atoms with Crippen LogP contribution in [0, 0.1) is 0 Å². The number of likely N-dealkylation sites (tertiary alicyclic amines) is 1. The summed E-state index contributed by atoms with van der Waals surface area (Å²) in [6.45, 7) is 1.66. The van der Waals surface area contributed by atoms with Gasteiger partial charge in [-0.3, -0.25) is 4.79 Å². The molecule has 1 aromatic carbocycles. The van der Waals surface area contributed by atoms with E-state index in [1.165, 1.54) is 7.11 Å². The van der Waals surface area contributed by atoms with Gasteiger partial charge >= 0.3 is 6.03 Å². The van der Waals surface area contributed by atoms with Gasteiger partial charge in [-0.15, -0.1) is 0 Å². The topological polar surface area (TPSA) is 71.1 Å². The SMILES string of the molecule is COc1ccc(C(=O)N2CC3(CNC(=O)N3C)C2)cc1OC. The molecule has 22 heavy (non-hydrogen) atoms. The van der Waals surface area contributed by atoms with Crippen LogP contribution in [0.1, 0.15) is 10.4 Å². The monoisotopic (exact) mass is 305 g/mol. The van der Waals surface area contributed by atoms with Gasteiger partial charge in [-0.1, -0.05) is 0 Å². The second kappa shape index (κ2) is 5.08. The van der Waals surface area contributed by atoms with Crippen molar-refractivity contribution in [2.75, 3.05) is 40.9 Å². The molecule has 2 heterocycles. The molecule has 2 aliphatic rings. The Morgan fingerprint density at radius 3 is 2.45 bits per heavy atom. The molecule has 2 aliphatic heterocycles. The molecule has 2 saturated heterocycles. The summed E-state index contributed by atoms with van der Waals surface area (Å²) < 4.78 is 10.4. The average molecular weight is 305 g/mol. The van der Waals surface area contributed by atoms with E-state index >= 15 is 0 Å². The van der Waals surface area contributed by atoms with Crippen molar-refractivity contribution in [3.05, 3.63) is 23.8 Å². The first-order valence-corrected chi connectivity index (χ1v) is 7.04. The molecule has 7 heteroatoms. The van der Waals surface area contributed by atoms with Crippen LogP contribution in [0.4, 0.5) is 4.79 Å². The Kier molecular flexibility index (Phi) is 3.35. The van der Waals surface area contributed by atoms with Crippen LogP contribution >= 0.6 is 0 Å². The molecule has 3 rings (SSSR count). The second-order valence-electron chi connectivity index (χ2n) is 5.67. The molecule has 1 spiro atoms. The van der Waals surface area contributed by atoms with Crippen LogP contribution in [-0.4, -0.2) is 68.2 Å². The van der Waals surface area contributed by atoms with E-state index in [9.17, 15) is 9.59 Å². The van der Waals surface area contributed by atoms with Crippen LogP contribution in [0.15, 0.2) is 18.2 Å². The first-order valence-electron chi connectivity index (χ1n) is 7.04. The average Bonchev–Trinajstić information content (AvgIpc) is 2.80. The number of nitrogens with one attached hydrogen (secondary N) is 1. The molecule has 0 aromatic heterocycles. The number of hydrogen-bond donors (Lipinski definition) is 1. The molecule has 0 atom stereocenters. The Hall–Kier alpha value is -2.44. The zero-order valence-electron chi connectivity index (χ0n) is 12.9. The van der Waals surface area contributed by atoms with Crippen molar-refractivity contribution in [2.24, 2.45) is 0 Å². The Bertz CT molecular complexity index is 625. The Balaban J connectivity index is 1.73. The number of rotatable bonds is 3. The van der Waals surface area contributed by atoms with Gasteiger partial charge in [0, 0.05) is 32.2 Å². The highest BCUT2D eigenvalue weighted by molar-refractivity contribution is 5.96. The number of methoxy groups -OCH3 is 2. The minimum absolute atomic E-state index is 0.0701. The number of benzene rings is 1. The second-order valence-corrected chi connectivity index (χ2v) is 5.67. The third kappa shape index (κ3) is 2.04. The summed E-state index contributed by atoms with van der Waals surface area (Å²) >= 11 is 0. The van der Waals surface area contributed by atoms with Crippen molar-refractivity contribution in [1.82, 2.24) is 15.1 Å². The highest BCUT2D eigenvalue weighted by atomic mass is 16.5. The molecule has 0 bridgehead atoms. The summed E-state index contributed by atoms with van der Waals surface area (Å²) in [6.07, 6.45) is 0.